The highest BCUT2D eigenvalue weighted by molar-refractivity contribution is 7.92. The number of anilines is 2. The minimum absolute atomic E-state index is 0.0354. The van der Waals surface area contributed by atoms with Crippen molar-refractivity contribution in [3.63, 3.8) is 0 Å². The Morgan fingerprint density at radius 2 is 1.60 bits per heavy atom. The van der Waals surface area contributed by atoms with Crippen molar-refractivity contribution in [2.45, 2.75) is 31.2 Å². The first-order valence-corrected chi connectivity index (χ1v) is 12.7. The molecule has 0 heterocycles. The fourth-order valence-corrected chi connectivity index (χ4v) is 4.69. The number of benzene rings is 3. The molecule has 1 fully saturated rings. The van der Waals surface area contributed by atoms with Gasteiger partial charge in [0.1, 0.15) is 10.6 Å². The normalized spacial score (nSPS) is 13.1. The number of aryl methyl sites for hydroxylation is 1. The van der Waals surface area contributed by atoms with Crippen molar-refractivity contribution >= 4 is 33.2 Å². The summed E-state index contributed by atoms with van der Waals surface area (Å²) in [6.45, 7) is 2.15. The summed E-state index contributed by atoms with van der Waals surface area (Å²) in [5, 5.41) is 5.67. The highest BCUT2D eigenvalue weighted by Crippen LogP contribution is 2.30. The first-order valence-electron chi connectivity index (χ1n) is 11.2. The molecule has 0 aliphatic heterocycles. The van der Waals surface area contributed by atoms with Crippen LogP contribution in [-0.4, -0.2) is 27.3 Å². The number of carbonyl (C=O) groups excluding carboxylic acids is 2. The van der Waals surface area contributed by atoms with Crippen molar-refractivity contribution in [1.82, 2.24) is 5.32 Å². The summed E-state index contributed by atoms with van der Waals surface area (Å²) in [6, 6.07) is 18.4. The number of nitrogens with one attached hydrogen (secondary N) is 3. The van der Waals surface area contributed by atoms with Crippen molar-refractivity contribution in [2.75, 3.05) is 17.1 Å². The van der Waals surface area contributed by atoms with Gasteiger partial charge in [0.2, 0.25) is 5.91 Å². The number of hydrogen-bond donors (Lipinski definition) is 3. The molecule has 2 amide bonds. The van der Waals surface area contributed by atoms with Crippen molar-refractivity contribution in [2.24, 2.45) is 5.92 Å². The lowest BCUT2D eigenvalue weighted by molar-refractivity contribution is -0.117. The van der Waals surface area contributed by atoms with E-state index in [-0.39, 0.29) is 34.6 Å². The Labute approximate surface area is 204 Å². The van der Waals surface area contributed by atoms with Crippen molar-refractivity contribution in [1.29, 1.82) is 0 Å². The van der Waals surface area contributed by atoms with Gasteiger partial charge in [-0.25, -0.2) is 8.42 Å². The van der Waals surface area contributed by atoms with Crippen LogP contribution < -0.4 is 20.1 Å². The van der Waals surface area contributed by atoms with Crippen molar-refractivity contribution in [3.05, 3.63) is 83.4 Å². The van der Waals surface area contributed by atoms with Crippen molar-refractivity contribution < 1.29 is 22.7 Å². The van der Waals surface area contributed by atoms with Gasteiger partial charge in [-0.2, -0.15) is 0 Å². The quantitative estimate of drug-likeness (QED) is 0.416. The van der Waals surface area contributed by atoms with E-state index in [1.807, 2.05) is 19.1 Å². The zero-order chi connectivity index (χ0) is 25.0. The smallest absolute Gasteiger partial charge is 0.265 e. The molecule has 0 saturated heterocycles. The number of methoxy groups -OCH3 is 1. The molecule has 0 radical (unpaired) electrons. The molecule has 1 aliphatic carbocycles. The van der Waals surface area contributed by atoms with E-state index in [4.69, 9.17) is 4.74 Å². The summed E-state index contributed by atoms with van der Waals surface area (Å²) in [5.74, 6) is -0.136. The average Bonchev–Trinajstić information content (AvgIpc) is 3.70. The van der Waals surface area contributed by atoms with Gasteiger partial charge in [-0.15, -0.1) is 0 Å². The molecule has 3 aromatic carbocycles. The van der Waals surface area contributed by atoms with Crippen LogP contribution in [0.5, 0.6) is 5.75 Å². The second-order valence-electron chi connectivity index (χ2n) is 8.48. The van der Waals surface area contributed by atoms with Crippen LogP contribution in [0, 0.1) is 12.8 Å². The van der Waals surface area contributed by atoms with Crippen LogP contribution in [0.2, 0.25) is 0 Å². The summed E-state index contributed by atoms with van der Waals surface area (Å²) in [4.78, 5) is 24.5. The first-order chi connectivity index (χ1) is 16.7. The zero-order valence-corrected chi connectivity index (χ0v) is 20.3. The molecule has 8 nitrogen and oxygen atoms in total. The Morgan fingerprint density at radius 3 is 2.23 bits per heavy atom. The molecule has 35 heavy (non-hydrogen) atoms. The van der Waals surface area contributed by atoms with Gasteiger partial charge in [-0.3, -0.25) is 14.3 Å². The maximum atomic E-state index is 13.0. The molecule has 0 bridgehead atoms. The Balaban J connectivity index is 1.43. The van der Waals surface area contributed by atoms with Gasteiger partial charge in [0.15, 0.2) is 0 Å². The Bertz CT molecular complexity index is 1330. The van der Waals surface area contributed by atoms with Crippen LogP contribution in [0.25, 0.3) is 0 Å². The molecule has 0 atom stereocenters. The molecule has 182 valence electrons. The third-order valence-corrected chi connectivity index (χ3v) is 7.04. The Kier molecular flexibility index (Phi) is 7.07. The fourth-order valence-electron chi connectivity index (χ4n) is 3.44. The summed E-state index contributed by atoms with van der Waals surface area (Å²) >= 11 is 0. The van der Waals surface area contributed by atoms with Crippen LogP contribution >= 0.6 is 0 Å². The van der Waals surface area contributed by atoms with E-state index in [1.54, 1.807) is 36.4 Å². The highest BCUT2D eigenvalue weighted by Gasteiger charge is 2.29. The predicted molar refractivity (Wildman–Crippen MR) is 134 cm³/mol. The number of sulfonamides is 1. The molecule has 0 spiro atoms. The summed E-state index contributed by atoms with van der Waals surface area (Å²) < 4.78 is 33.8. The van der Waals surface area contributed by atoms with Crippen LogP contribution in [0.4, 0.5) is 11.4 Å². The second kappa shape index (κ2) is 10.2. The topological polar surface area (TPSA) is 114 Å². The van der Waals surface area contributed by atoms with E-state index in [2.05, 4.69) is 15.4 Å². The summed E-state index contributed by atoms with van der Waals surface area (Å²) in [7, 11) is -2.63. The van der Waals surface area contributed by atoms with Gasteiger partial charge >= 0.3 is 0 Å². The lowest BCUT2D eigenvalue weighted by Crippen LogP contribution is -2.23. The maximum Gasteiger partial charge on any atom is 0.265 e. The number of amides is 2. The first kappa shape index (κ1) is 24.3. The van der Waals surface area contributed by atoms with E-state index in [1.165, 1.54) is 25.3 Å². The minimum Gasteiger partial charge on any atom is -0.495 e. The monoisotopic (exact) mass is 493 g/mol. The SMILES string of the molecule is COc1ccc(C(=O)NCc2ccc(NC(=O)C3CC3)cc2)cc1S(=O)(=O)Nc1ccc(C)cc1. The number of carbonyl (C=O) groups is 2. The summed E-state index contributed by atoms with van der Waals surface area (Å²) in [6.07, 6.45) is 1.87. The van der Waals surface area contributed by atoms with Crippen LogP contribution in [0.3, 0.4) is 0 Å². The van der Waals surface area contributed by atoms with Crippen molar-refractivity contribution in [3.8, 4) is 5.75 Å². The van der Waals surface area contributed by atoms with Crippen LogP contribution in [0.1, 0.15) is 34.3 Å². The van der Waals surface area contributed by atoms with E-state index < -0.39 is 15.9 Å². The molecule has 0 unspecified atom stereocenters. The van der Waals surface area contributed by atoms with E-state index in [0.717, 1.165) is 24.0 Å². The molecular formula is C26H27N3O5S. The van der Waals surface area contributed by atoms with Gasteiger partial charge in [0, 0.05) is 29.4 Å². The van der Waals surface area contributed by atoms with Crippen LogP contribution in [0.15, 0.2) is 71.6 Å². The fraction of sp³-hybridized carbons (Fsp3) is 0.231. The lowest BCUT2D eigenvalue weighted by atomic mass is 10.1. The molecule has 0 aromatic heterocycles. The van der Waals surface area contributed by atoms with Crippen LogP contribution in [-0.2, 0) is 21.4 Å². The average molecular weight is 494 g/mol. The molecular weight excluding hydrogens is 466 g/mol. The predicted octanol–water partition coefficient (Wildman–Crippen LogP) is 4.08. The zero-order valence-electron chi connectivity index (χ0n) is 19.5. The Morgan fingerprint density at radius 1 is 0.943 bits per heavy atom. The molecule has 1 saturated carbocycles. The molecule has 3 N–H and O–H groups in total. The molecule has 1 aliphatic rings. The number of rotatable bonds is 9. The van der Waals surface area contributed by atoms with E-state index >= 15 is 0 Å². The summed E-state index contributed by atoms with van der Waals surface area (Å²) in [5.41, 5.74) is 3.14. The van der Waals surface area contributed by atoms with Gasteiger partial charge in [-0.05, 0) is 67.8 Å². The third-order valence-electron chi connectivity index (χ3n) is 5.64. The Hall–Kier alpha value is -3.85. The van der Waals surface area contributed by atoms with Gasteiger partial charge in [0.05, 0.1) is 7.11 Å². The molecule has 9 heteroatoms. The minimum atomic E-state index is -4.00. The second-order valence-corrected chi connectivity index (χ2v) is 10.1. The van der Waals surface area contributed by atoms with Gasteiger partial charge in [0.25, 0.3) is 15.9 Å². The maximum absolute atomic E-state index is 13.0. The van der Waals surface area contributed by atoms with E-state index in [9.17, 15) is 18.0 Å². The largest absolute Gasteiger partial charge is 0.495 e. The third kappa shape index (κ3) is 6.19. The molecule has 4 rings (SSSR count). The number of hydrogen-bond acceptors (Lipinski definition) is 5. The van der Waals surface area contributed by atoms with Gasteiger partial charge < -0.3 is 15.4 Å². The number of ether oxygens (including phenoxy) is 1. The standard InChI is InChI=1S/C26H27N3O5S/c1-17-3-10-22(11-4-17)29-35(32,33)24-15-20(9-14-23(24)34-2)25(30)27-16-18-5-12-21(13-6-18)28-26(31)19-7-8-19/h3-6,9-15,19,29H,7-8,16H2,1-2H3,(H,27,30)(H,28,31). The van der Waals surface area contributed by atoms with Gasteiger partial charge in [-0.1, -0.05) is 29.8 Å². The van der Waals surface area contributed by atoms with E-state index in [0.29, 0.717) is 11.4 Å². The molecule has 3 aromatic rings. The lowest BCUT2D eigenvalue weighted by Gasteiger charge is -2.13. The highest BCUT2D eigenvalue weighted by atomic mass is 32.2.